The molecular formula is C15H21BrN2O. The first-order valence-electron chi connectivity index (χ1n) is 6.81. The van der Waals surface area contributed by atoms with Crippen LogP contribution in [0.25, 0.3) is 0 Å². The van der Waals surface area contributed by atoms with Gasteiger partial charge in [-0.25, -0.2) is 0 Å². The van der Waals surface area contributed by atoms with E-state index in [9.17, 15) is 4.79 Å². The predicted octanol–water partition coefficient (Wildman–Crippen LogP) is 3.68. The van der Waals surface area contributed by atoms with Gasteiger partial charge in [-0.1, -0.05) is 35.7 Å². The lowest BCUT2D eigenvalue weighted by Crippen LogP contribution is -2.40. The van der Waals surface area contributed by atoms with Gasteiger partial charge in [0.05, 0.1) is 5.56 Å². The van der Waals surface area contributed by atoms with Gasteiger partial charge >= 0.3 is 0 Å². The third-order valence-electron chi connectivity index (χ3n) is 4.02. The zero-order chi connectivity index (χ0) is 14.0. The molecule has 0 bridgehead atoms. The number of rotatable bonds is 2. The second-order valence-electron chi connectivity index (χ2n) is 5.57. The van der Waals surface area contributed by atoms with E-state index in [0.29, 0.717) is 23.2 Å². The highest BCUT2D eigenvalue weighted by molar-refractivity contribution is 9.10. The van der Waals surface area contributed by atoms with Crippen LogP contribution in [-0.2, 0) is 0 Å². The molecule has 4 heteroatoms. The van der Waals surface area contributed by atoms with Crippen molar-refractivity contribution < 1.29 is 4.79 Å². The van der Waals surface area contributed by atoms with Crippen molar-refractivity contribution in [2.45, 2.75) is 38.6 Å². The zero-order valence-electron chi connectivity index (χ0n) is 11.5. The Morgan fingerprint density at radius 1 is 1.42 bits per heavy atom. The summed E-state index contributed by atoms with van der Waals surface area (Å²) in [7, 11) is 1.90. The number of amides is 1. The van der Waals surface area contributed by atoms with Crippen molar-refractivity contribution in [1.82, 2.24) is 4.90 Å². The highest BCUT2D eigenvalue weighted by atomic mass is 79.9. The fourth-order valence-corrected chi connectivity index (χ4v) is 3.22. The Kier molecular flexibility index (Phi) is 4.50. The Morgan fingerprint density at radius 3 is 2.79 bits per heavy atom. The van der Waals surface area contributed by atoms with E-state index in [4.69, 9.17) is 5.73 Å². The molecular weight excluding hydrogens is 304 g/mol. The highest BCUT2D eigenvalue weighted by Crippen LogP contribution is 2.28. The number of nitrogens with two attached hydrogens (primary N) is 1. The van der Waals surface area contributed by atoms with Crippen LogP contribution in [0.2, 0.25) is 0 Å². The number of hydrogen-bond donors (Lipinski definition) is 1. The van der Waals surface area contributed by atoms with Gasteiger partial charge in [-0.2, -0.15) is 0 Å². The Balaban J connectivity index is 2.14. The number of nitrogen functional groups attached to an aromatic ring is 1. The molecule has 1 aliphatic carbocycles. The third-order valence-corrected chi connectivity index (χ3v) is 4.51. The molecule has 1 aromatic rings. The highest BCUT2D eigenvalue weighted by Gasteiger charge is 2.26. The summed E-state index contributed by atoms with van der Waals surface area (Å²) in [4.78, 5) is 14.4. The average molecular weight is 325 g/mol. The second-order valence-corrected chi connectivity index (χ2v) is 6.49. The Hall–Kier alpha value is -1.03. The van der Waals surface area contributed by atoms with Crippen molar-refractivity contribution in [3.05, 3.63) is 28.2 Å². The van der Waals surface area contributed by atoms with Crippen LogP contribution in [-0.4, -0.2) is 23.9 Å². The maximum atomic E-state index is 12.5. The van der Waals surface area contributed by atoms with Gasteiger partial charge in [0.2, 0.25) is 0 Å². The Bertz CT molecular complexity index is 475. The summed E-state index contributed by atoms with van der Waals surface area (Å²) in [6.07, 6.45) is 4.68. The third kappa shape index (κ3) is 3.30. The summed E-state index contributed by atoms with van der Waals surface area (Å²) in [5.41, 5.74) is 7.08. The van der Waals surface area contributed by atoms with Gasteiger partial charge in [0.15, 0.2) is 0 Å². The molecule has 104 valence electrons. The summed E-state index contributed by atoms with van der Waals surface area (Å²) in [6, 6.07) is 5.79. The first kappa shape index (κ1) is 14.4. The molecule has 1 fully saturated rings. The minimum Gasteiger partial charge on any atom is -0.398 e. The summed E-state index contributed by atoms with van der Waals surface area (Å²) in [5.74, 6) is 0.736. The molecule has 0 saturated heterocycles. The monoisotopic (exact) mass is 324 g/mol. The van der Waals surface area contributed by atoms with E-state index in [1.54, 1.807) is 12.1 Å². The molecule has 19 heavy (non-hydrogen) atoms. The van der Waals surface area contributed by atoms with Crippen molar-refractivity contribution in [3.63, 3.8) is 0 Å². The van der Waals surface area contributed by atoms with Crippen molar-refractivity contribution in [3.8, 4) is 0 Å². The van der Waals surface area contributed by atoms with Gasteiger partial charge in [-0.05, 0) is 37.0 Å². The molecule has 2 unspecified atom stereocenters. The first-order valence-corrected chi connectivity index (χ1v) is 7.60. The molecule has 0 heterocycles. The van der Waals surface area contributed by atoms with Crippen molar-refractivity contribution in [1.29, 1.82) is 0 Å². The quantitative estimate of drug-likeness (QED) is 0.843. The molecule has 2 rings (SSSR count). The lowest BCUT2D eigenvalue weighted by molar-refractivity contribution is 0.0673. The molecule has 2 N–H and O–H groups in total. The molecule has 1 aliphatic rings. The van der Waals surface area contributed by atoms with E-state index < -0.39 is 0 Å². The van der Waals surface area contributed by atoms with E-state index in [1.165, 1.54) is 12.8 Å². The van der Waals surface area contributed by atoms with Gasteiger partial charge in [0.25, 0.3) is 5.91 Å². The number of anilines is 1. The number of hydrogen-bond acceptors (Lipinski definition) is 2. The van der Waals surface area contributed by atoms with Crippen LogP contribution in [0.4, 0.5) is 5.69 Å². The lowest BCUT2D eigenvalue weighted by atomic mass is 9.86. The molecule has 2 atom stereocenters. The van der Waals surface area contributed by atoms with Crippen molar-refractivity contribution >= 4 is 27.5 Å². The van der Waals surface area contributed by atoms with Crippen LogP contribution < -0.4 is 5.73 Å². The number of benzene rings is 1. The number of halogens is 1. The summed E-state index contributed by atoms with van der Waals surface area (Å²) in [6.45, 7) is 2.26. The molecule has 3 nitrogen and oxygen atoms in total. The topological polar surface area (TPSA) is 46.3 Å². The minimum atomic E-state index is 0.0316. The second kappa shape index (κ2) is 5.95. The molecule has 1 aromatic carbocycles. The SMILES string of the molecule is CC1CCCC(N(C)C(=O)c2ccc(Br)cc2N)C1. The molecule has 0 spiro atoms. The van der Waals surface area contributed by atoms with E-state index >= 15 is 0 Å². The van der Waals surface area contributed by atoms with Gasteiger partial charge < -0.3 is 10.6 Å². The summed E-state index contributed by atoms with van der Waals surface area (Å²) < 4.78 is 0.899. The van der Waals surface area contributed by atoms with Gasteiger partial charge in [-0.3, -0.25) is 4.79 Å². The molecule has 1 amide bonds. The number of carbonyl (C=O) groups excluding carboxylic acids is 1. The van der Waals surface area contributed by atoms with Crippen molar-refractivity contribution in [2.75, 3.05) is 12.8 Å². The number of carbonyl (C=O) groups is 1. The maximum absolute atomic E-state index is 12.5. The van der Waals surface area contributed by atoms with Crippen LogP contribution in [0, 0.1) is 5.92 Å². The lowest BCUT2D eigenvalue weighted by Gasteiger charge is -2.34. The van der Waals surface area contributed by atoms with Crippen LogP contribution in [0.5, 0.6) is 0 Å². The summed E-state index contributed by atoms with van der Waals surface area (Å²) >= 11 is 3.36. The van der Waals surface area contributed by atoms with Crippen LogP contribution >= 0.6 is 15.9 Å². The molecule has 0 aliphatic heterocycles. The predicted molar refractivity (Wildman–Crippen MR) is 82.1 cm³/mol. The van der Waals surface area contributed by atoms with Crippen LogP contribution in [0.3, 0.4) is 0 Å². The standard InChI is InChI=1S/C15H21BrN2O/c1-10-4-3-5-12(8-10)18(2)15(19)13-7-6-11(16)9-14(13)17/h6-7,9-10,12H,3-5,8,17H2,1-2H3. The van der Waals surface area contributed by atoms with Crippen molar-refractivity contribution in [2.24, 2.45) is 5.92 Å². The molecule has 0 radical (unpaired) electrons. The van der Waals surface area contributed by atoms with Gasteiger partial charge in [0, 0.05) is 23.2 Å². The van der Waals surface area contributed by atoms with E-state index in [-0.39, 0.29) is 5.91 Å². The Morgan fingerprint density at radius 2 is 2.16 bits per heavy atom. The van der Waals surface area contributed by atoms with Gasteiger partial charge in [-0.15, -0.1) is 0 Å². The molecule has 0 aromatic heterocycles. The molecule has 1 saturated carbocycles. The first-order chi connectivity index (χ1) is 8.99. The zero-order valence-corrected chi connectivity index (χ0v) is 13.1. The maximum Gasteiger partial charge on any atom is 0.255 e. The van der Waals surface area contributed by atoms with E-state index in [1.807, 2.05) is 18.0 Å². The smallest absolute Gasteiger partial charge is 0.255 e. The average Bonchev–Trinajstić information content (AvgIpc) is 2.37. The van der Waals surface area contributed by atoms with E-state index in [0.717, 1.165) is 17.3 Å². The largest absolute Gasteiger partial charge is 0.398 e. The number of nitrogens with zero attached hydrogens (tertiary/aromatic N) is 1. The fourth-order valence-electron chi connectivity index (χ4n) is 2.84. The normalized spacial score (nSPS) is 23.1. The van der Waals surface area contributed by atoms with E-state index in [2.05, 4.69) is 22.9 Å². The van der Waals surface area contributed by atoms with Gasteiger partial charge in [0.1, 0.15) is 0 Å². The Labute approximate surface area is 123 Å². The minimum absolute atomic E-state index is 0.0316. The van der Waals surface area contributed by atoms with Crippen LogP contribution in [0.1, 0.15) is 43.0 Å². The summed E-state index contributed by atoms with van der Waals surface area (Å²) in [5, 5.41) is 0. The van der Waals surface area contributed by atoms with Crippen LogP contribution in [0.15, 0.2) is 22.7 Å². The fraction of sp³-hybridized carbons (Fsp3) is 0.533.